The third-order valence-corrected chi connectivity index (χ3v) is 3.68. The summed E-state index contributed by atoms with van der Waals surface area (Å²) in [6.07, 6.45) is 3.44. The smallest absolute Gasteiger partial charge is 0.273 e. The van der Waals surface area contributed by atoms with Gasteiger partial charge >= 0.3 is 0 Å². The first-order chi connectivity index (χ1) is 11.4. The van der Waals surface area contributed by atoms with E-state index in [1.807, 2.05) is 51.1 Å². The SMILES string of the molecule is CC(C)(C)c1ncc(NC(=O)C2=NO[C@H](c3ccccc3)C2)cn1. The molecule has 124 valence electrons. The Morgan fingerprint density at radius 3 is 2.46 bits per heavy atom. The van der Waals surface area contributed by atoms with Gasteiger partial charge in [-0.05, 0) is 5.56 Å². The van der Waals surface area contributed by atoms with Crippen molar-refractivity contribution < 1.29 is 9.63 Å². The van der Waals surface area contributed by atoms with Crippen LogP contribution in [0.15, 0.2) is 47.9 Å². The van der Waals surface area contributed by atoms with Crippen LogP contribution in [0.1, 0.15) is 44.7 Å². The Labute approximate surface area is 141 Å². The normalized spacial score (nSPS) is 17.1. The number of hydrogen-bond donors (Lipinski definition) is 1. The summed E-state index contributed by atoms with van der Waals surface area (Å²) in [4.78, 5) is 26.3. The molecule has 2 aromatic rings. The number of aromatic nitrogens is 2. The summed E-state index contributed by atoms with van der Waals surface area (Å²) in [5.41, 5.74) is 1.78. The van der Waals surface area contributed by atoms with Crippen LogP contribution in [0.4, 0.5) is 5.69 Å². The summed E-state index contributed by atoms with van der Waals surface area (Å²) in [5, 5.41) is 6.67. The largest absolute Gasteiger partial charge is 0.387 e. The van der Waals surface area contributed by atoms with E-state index in [1.54, 1.807) is 12.4 Å². The maximum Gasteiger partial charge on any atom is 0.273 e. The van der Waals surface area contributed by atoms with Gasteiger partial charge in [0.25, 0.3) is 5.91 Å². The second kappa shape index (κ2) is 6.39. The quantitative estimate of drug-likeness (QED) is 0.940. The molecule has 24 heavy (non-hydrogen) atoms. The van der Waals surface area contributed by atoms with Crippen LogP contribution in [0.3, 0.4) is 0 Å². The Morgan fingerprint density at radius 2 is 1.83 bits per heavy atom. The molecule has 1 aromatic heterocycles. The Kier molecular flexibility index (Phi) is 4.29. The van der Waals surface area contributed by atoms with Gasteiger partial charge in [-0.15, -0.1) is 0 Å². The third kappa shape index (κ3) is 3.59. The number of carbonyl (C=O) groups excluding carboxylic acids is 1. The highest BCUT2D eigenvalue weighted by Gasteiger charge is 2.27. The van der Waals surface area contributed by atoms with Gasteiger partial charge in [-0.2, -0.15) is 0 Å². The van der Waals surface area contributed by atoms with Gasteiger partial charge in [-0.1, -0.05) is 56.3 Å². The summed E-state index contributed by atoms with van der Waals surface area (Å²) >= 11 is 0. The molecule has 0 saturated carbocycles. The molecule has 1 N–H and O–H groups in total. The van der Waals surface area contributed by atoms with Crippen LogP contribution in [0.5, 0.6) is 0 Å². The zero-order valence-electron chi connectivity index (χ0n) is 14.0. The van der Waals surface area contributed by atoms with Gasteiger partial charge < -0.3 is 10.2 Å². The lowest BCUT2D eigenvalue weighted by Gasteiger charge is -2.16. The average molecular weight is 324 g/mol. The van der Waals surface area contributed by atoms with E-state index in [4.69, 9.17) is 4.84 Å². The van der Waals surface area contributed by atoms with Crippen LogP contribution in [-0.4, -0.2) is 21.6 Å². The summed E-state index contributed by atoms with van der Waals surface area (Å²) in [6.45, 7) is 6.11. The predicted octanol–water partition coefficient (Wildman–Crippen LogP) is 3.23. The standard InChI is InChI=1S/C18H20N4O2/c1-18(2,3)17-19-10-13(11-20-17)21-16(23)14-9-15(24-22-14)12-7-5-4-6-8-12/h4-8,10-11,15H,9H2,1-3H3,(H,21,23)/t15-/m0/s1. The fraction of sp³-hybridized carbons (Fsp3) is 0.333. The average Bonchev–Trinajstić information content (AvgIpc) is 3.05. The number of carbonyl (C=O) groups is 1. The van der Waals surface area contributed by atoms with E-state index < -0.39 is 0 Å². The van der Waals surface area contributed by atoms with Crippen molar-refractivity contribution in [2.75, 3.05) is 5.32 Å². The minimum Gasteiger partial charge on any atom is -0.387 e. The molecule has 0 spiro atoms. The lowest BCUT2D eigenvalue weighted by molar-refractivity contribution is -0.110. The number of rotatable bonds is 3. The van der Waals surface area contributed by atoms with Gasteiger partial charge in [0.05, 0.1) is 18.1 Å². The molecule has 0 radical (unpaired) electrons. The molecular formula is C18H20N4O2. The topological polar surface area (TPSA) is 76.5 Å². The minimum atomic E-state index is -0.291. The summed E-state index contributed by atoms with van der Waals surface area (Å²) in [5.74, 6) is 0.437. The molecule has 1 aromatic carbocycles. The van der Waals surface area contributed by atoms with E-state index in [0.29, 0.717) is 17.8 Å². The molecule has 2 heterocycles. The first kappa shape index (κ1) is 16.1. The molecule has 0 bridgehead atoms. The lowest BCUT2D eigenvalue weighted by Crippen LogP contribution is -2.22. The van der Waals surface area contributed by atoms with Crippen LogP contribution in [0.25, 0.3) is 0 Å². The van der Waals surface area contributed by atoms with E-state index in [2.05, 4.69) is 20.4 Å². The molecule has 0 aliphatic carbocycles. The fourth-order valence-corrected chi connectivity index (χ4v) is 2.34. The highest BCUT2D eigenvalue weighted by molar-refractivity contribution is 6.43. The molecular weight excluding hydrogens is 304 g/mol. The van der Waals surface area contributed by atoms with Crippen LogP contribution in [-0.2, 0) is 15.0 Å². The van der Waals surface area contributed by atoms with Crippen LogP contribution in [0, 0.1) is 0 Å². The molecule has 0 saturated heterocycles. The van der Waals surface area contributed by atoms with E-state index in [1.165, 1.54) is 0 Å². The van der Waals surface area contributed by atoms with Gasteiger partial charge in [0.1, 0.15) is 11.5 Å². The van der Waals surface area contributed by atoms with E-state index in [0.717, 1.165) is 11.4 Å². The van der Waals surface area contributed by atoms with E-state index in [9.17, 15) is 4.79 Å². The Bertz CT molecular complexity index is 749. The Hall–Kier alpha value is -2.76. The first-order valence-electron chi connectivity index (χ1n) is 7.85. The summed E-state index contributed by atoms with van der Waals surface area (Å²) in [6, 6.07) is 9.73. The van der Waals surface area contributed by atoms with Gasteiger partial charge in [-0.25, -0.2) is 9.97 Å². The van der Waals surface area contributed by atoms with E-state index in [-0.39, 0.29) is 17.4 Å². The summed E-state index contributed by atoms with van der Waals surface area (Å²) < 4.78 is 0. The minimum absolute atomic E-state index is 0.130. The maximum atomic E-state index is 12.3. The number of anilines is 1. The zero-order valence-corrected chi connectivity index (χ0v) is 14.0. The molecule has 1 atom stereocenters. The Morgan fingerprint density at radius 1 is 1.17 bits per heavy atom. The molecule has 3 rings (SSSR count). The molecule has 0 unspecified atom stereocenters. The molecule has 1 aliphatic rings. The van der Waals surface area contributed by atoms with Gasteiger partial charge in [0.2, 0.25) is 0 Å². The monoisotopic (exact) mass is 324 g/mol. The van der Waals surface area contributed by atoms with Gasteiger partial charge in [-0.3, -0.25) is 4.79 Å². The number of benzene rings is 1. The number of nitrogens with one attached hydrogen (secondary N) is 1. The van der Waals surface area contributed by atoms with Crippen molar-refractivity contribution in [1.29, 1.82) is 0 Å². The van der Waals surface area contributed by atoms with Crippen LogP contribution >= 0.6 is 0 Å². The number of nitrogens with zero attached hydrogens (tertiary/aromatic N) is 3. The predicted molar refractivity (Wildman–Crippen MR) is 91.7 cm³/mol. The van der Waals surface area contributed by atoms with Gasteiger partial charge in [0, 0.05) is 11.8 Å². The highest BCUT2D eigenvalue weighted by atomic mass is 16.6. The molecule has 1 amide bonds. The lowest BCUT2D eigenvalue weighted by atomic mass is 9.96. The van der Waals surface area contributed by atoms with Crippen LogP contribution in [0.2, 0.25) is 0 Å². The number of oxime groups is 1. The summed E-state index contributed by atoms with van der Waals surface area (Å²) in [7, 11) is 0. The maximum absolute atomic E-state index is 12.3. The number of hydrogen-bond acceptors (Lipinski definition) is 5. The second-order valence-electron chi connectivity index (χ2n) is 6.75. The third-order valence-electron chi connectivity index (χ3n) is 3.68. The van der Waals surface area contributed by atoms with Crippen molar-refractivity contribution >= 4 is 17.3 Å². The van der Waals surface area contributed by atoms with Gasteiger partial charge in [0.15, 0.2) is 6.10 Å². The van der Waals surface area contributed by atoms with Crippen molar-refractivity contribution in [2.24, 2.45) is 5.16 Å². The first-order valence-corrected chi connectivity index (χ1v) is 7.85. The molecule has 0 fully saturated rings. The second-order valence-corrected chi connectivity index (χ2v) is 6.75. The van der Waals surface area contributed by atoms with Crippen molar-refractivity contribution in [3.05, 3.63) is 54.1 Å². The number of amides is 1. The van der Waals surface area contributed by atoms with E-state index >= 15 is 0 Å². The molecule has 6 nitrogen and oxygen atoms in total. The van der Waals surface area contributed by atoms with Crippen molar-refractivity contribution in [2.45, 2.75) is 38.7 Å². The zero-order chi connectivity index (χ0) is 17.2. The Balaban J connectivity index is 1.62. The van der Waals surface area contributed by atoms with Crippen LogP contribution < -0.4 is 5.32 Å². The van der Waals surface area contributed by atoms with Crippen molar-refractivity contribution in [3.63, 3.8) is 0 Å². The van der Waals surface area contributed by atoms with Crippen molar-refractivity contribution in [1.82, 2.24) is 9.97 Å². The molecule has 1 aliphatic heterocycles. The highest BCUT2D eigenvalue weighted by Crippen LogP contribution is 2.27. The molecule has 6 heteroatoms. The fourth-order valence-electron chi connectivity index (χ4n) is 2.34. The van der Waals surface area contributed by atoms with Crippen molar-refractivity contribution in [3.8, 4) is 0 Å².